The number of allylic oxidation sites excluding steroid dienone is 5. The molecule has 0 aromatic heterocycles. The van der Waals surface area contributed by atoms with Crippen molar-refractivity contribution in [2.45, 2.75) is 26.2 Å². The number of rotatable bonds is 7. The molecule has 0 radical (unpaired) electrons. The maximum atomic E-state index is 5.51. The molecule has 0 spiro atoms. The molecule has 1 rings (SSSR count). The Morgan fingerprint density at radius 2 is 1.85 bits per heavy atom. The van der Waals surface area contributed by atoms with Crippen molar-refractivity contribution in [3.8, 4) is 5.75 Å². The highest BCUT2D eigenvalue weighted by molar-refractivity contribution is 5.42. The lowest BCUT2D eigenvalue weighted by molar-refractivity contribution is 0.363. The van der Waals surface area contributed by atoms with Crippen molar-refractivity contribution in [1.82, 2.24) is 0 Å². The number of ether oxygens (including phenoxy) is 1. The molecule has 1 aromatic carbocycles. The second kappa shape index (κ2) is 7.54. The van der Waals surface area contributed by atoms with Gasteiger partial charge in [0.1, 0.15) is 12.4 Å². The maximum absolute atomic E-state index is 5.51. The van der Waals surface area contributed by atoms with E-state index < -0.39 is 0 Å². The SMILES string of the molecule is C=C/C=C\C(=C/C)C(C)(C)c1ccc(OCC=C)cc1. The molecule has 0 N–H and O–H groups in total. The number of hydrogen-bond acceptors (Lipinski definition) is 1. The molecular weight excluding hydrogens is 244 g/mol. The average Bonchev–Trinajstić information content (AvgIpc) is 2.46. The molecule has 0 amide bonds. The highest BCUT2D eigenvalue weighted by atomic mass is 16.5. The first-order chi connectivity index (χ1) is 9.56. The van der Waals surface area contributed by atoms with Gasteiger partial charge in [-0.3, -0.25) is 0 Å². The summed E-state index contributed by atoms with van der Waals surface area (Å²) in [6.07, 6.45) is 9.76. The van der Waals surface area contributed by atoms with Crippen LogP contribution in [0.4, 0.5) is 0 Å². The summed E-state index contributed by atoms with van der Waals surface area (Å²) in [5, 5.41) is 0. The zero-order chi connectivity index (χ0) is 15.0. The van der Waals surface area contributed by atoms with E-state index in [9.17, 15) is 0 Å². The molecular formula is C19H24O. The first kappa shape index (κ1) is 16.0. The smallest absolute Gasteiger partial charge is 0.119 e. The topological polar surface area (TPSA) is 9.23 Å². The molecule has 1 nitrogen and oxygen atoms in total. The summed E-state index contributed by atoms with van der Waals surface area (Å²) >= 11 is 0. The van der Waals surface area contributed by atoms with E-state index in [1.807, 2.05) is 18.2 Å². The van der Waals surface area contributed by atoms with Crippen molar-refractivity contribution >= 4 is 0 Å². The van der Waals surface area contributed by atoms with Gasteiger partial charge in [0.25, 0.3) is 0 Å². The quantitative estimate of drug-likeness (QED) is 0.487. The summed E-state index contributed by atoms with van der Waals surface area (Å²) in [6.45, 7) is 14.4. The van der Waals surface area contributed by atoms with Gasteiger partial charge in [-0.2, -0.15) is 0 Å². The Balaban J connectivity index is 2.99. The van der Waals surface area contributed by atoms with Gasteiger partial charge >= 0.3 is 0 Å². The fourth-order valence-electron chi connectivity index (χ4n) is 2.13. The summed E-state index contributed by atoms with van der Waals surface area (Å²) in [6, 6.07) is 8.24. The van der Waals surface area contributed by atoms with Crippen molar-refractivity contribution in [3.63, 3.8) is 0 Å². The van der Waals surface area contributed by atoms with E-state index in [0.717, 1.165) is 5.75 Å². The molecule has 1 aromatic rings. The fourth-order valence-corrected chi connectivity index (χ4v) is 2.13. The van der Waals surface area contributed by atoms with Crippen molar-refractivity contribution in [2.75, 3.05) is 6.61 Å². The van der Waals surface area contributed by atoms with Crippen LogP contribution < -0.4 is 4.74 Å². The Morgan fingerprint density at radius 3 is 2.35 bits per heavy atom. The Hall–Kier alpha value is -2.02. The highest BCUT2D eigenvalue weighted by Gasteiger charge is 2.23. The largest absolute Gasteiger partial charge is 0.490 e. The van der Waals surface area contributed by atoms with Gasteiger partial charge in [-0.05, 0) is 30.2 Å². The minimum absolute atomic E-state index is 0.0504. The molecule has 0 atom stereocenters. The van der Waals surface area contributed by atoms with Crippen LogP contribution in [0.25, 0.3) is 0 Å². The predicted octanol–water partition coefficient (Wildman–Crippen LogP) is 5.22. The van der Waals surface area contributed by atoms with Crippen LogP contribution in [0, 0.1) is 0 Å². The number of benzene rings is 1. The lowest BCUT2D eigenvalue weighted by atomic mass is 9.77. The van der Waals surface area contributed by atoms with E-state index in [0.29, 0.717) is 6.61 Å². The van der Waals surface area contributed by atoms with E-state index in [4.69, 9.17) is 4.74 Å². The Labute approximate surface area is 123 Å². The number of hydrogen-bond donors (Lipinski definition) is 0. The molecule has 106 valence electrons. The highest BCUT2D eigenvalue weighted by Crippen LogP contribution is 2.33. The minimum Gasteiger partial charge on any atom is -0.490 e. The van der Waals surface area contributed by atoms with E-state index in [-0.39, 0.29) is 5.41 Å². The third-order valence-electron chi connectivity index (χ3n) is 3.39. The zero-order valence-corrected chi connectivity index (χ0v) is 12.7. The molecule has 0 aliphatic rings. The Kier molecular flexibility index (Phi) is 6.05. The van der Waals surface area contributed by atoms with Crippen molar-refractivity contribution in [1.29, 1.82) is 0 Å². The van der Waals surface area contributed by atoms with Crippen LogP contribution in [0.2, 0.25) is 0 Å². The van der Waals surface area contributed by atoms with Crippen LogP contribution in [0.15, 0.2) is 73.4 Å². The summed E-state index contributed by atoms with van der Waals surface area (Å²) in [5.41, 5.74) is 2.47. The summed E-state index contributed by atoms with van der Waals surface area (Å²) in [7, 11) is 0. The van der Waals surface area contributed by atoms with Gasteiger partial charge in [0, 0.05) is 5.41 Å². The van der Waals surface area contributed by atoms with E-state index >= 15 is 0 Å². The molecule has 20 heavy (non-hydrogen) atoms. The van der Waals surface area contributed by atoms with E-state index in [1.54, 1.807) is 12.2 Å². The lowest BCUT2D eigenvalue weighted by Crippen LogP contribution is -2.19. The van der Waals surface area contributed by atoms with Crippen LogP contribution in [-0.2, 0) is 5.41 Å². The maximum Gasteiger partial charge on any atom is 0.119 e. The molecule has 1 heteroatoms. The molecule has 0 fully saturated rings. The van der Waals surface area contributed by atoms with Gasteiger partial charge in [-0.15, -0.1) is 0 Å². The molecule has 0 aliphatic carbocycles. The second-order valence-corrected chi connectivity index (χ2v) is 5.09. The van der Waals surface area contributed by atoms with Crippen LogP contribution in [0.3, 0.4) is 0 Å². The van der Waals surface area contributed by atoms with Crippen molar-refractivity contribution in [3.05, 3.63) is 78.9 Å². The molecule has 0 heterocycles. The molecule has 0 saturated carbocycles. The third-order valence-corrected chi connectivity index (χ3v) is 3.39. The van der Waals surface area contributed by atoms with Gasteiger partial charge in [0.05, 0.1) is 0 Å². The van der Waals surface area contributed by atoms with Crippen molar-refractivity contribution in [2.24, 2.45) is 0 Å². The van der Waals surface area contributed by atoms with Gasteiger partial charge in [-0.1, -0.05) is 69.5 Å². The minimum atomic E-state index is -0.0504. The van der Waals surface area contributed by atoms with Gasteiger partial charge in [0.15, 0.2) is 0 Å². The molecule has 0 saturated heterocycles. The monoisotopic (exact) mass is 268 g/mol. The summed E-state index contributed by atoms with van der Waals surface area (Å²) in [5.74, 6) is 0.869. The van der Waals surface area contributed by atoms with Crippen molar-refractivity contribution < 1.29 is 4.74 Å². The van der Waals surface area contributed by atoms with Gasteiger partial charge in [0.2, 0.25) is 0 Å². The Morgan fingerprint density at radius 1 is 1.20 bits per heavy atom. The standard InChI is InChI=1S/C19H24O/c1-6-9-10-16(8-3)19(4,5)17-11-13-18(14-12-17)20-15-7-2/h6-14H,1-2,15H2,3-5H3/b10-9-,16-8+. The fraction of sp³-hybridized carbons (Fsp3) is 0.263. The van der Waals surface area contributed by atoms with E-state index in [1.165, 1.54) is 11.1 Å². The molecule has 0 bridgehead atoms. The van der Waals surface area contributed by atoms with Gasteiger partial charge < -0.3 is 4.74 Å². The Bertz CT molecular complexity index is 501. The first-order valence-electron chi connectivity index (χ1n) is 6.86. The van der Waals surface area contributed by atoms with Crippen LogP contribution in [0.1, 0.15) is 26.3 Å². The normalized spacial score (nSPS) is 12.4. The third kappa shape index (κ3) is 3.99. The summed E-state index contributed by atoms with van der Waals surface area (Å²) < 4.78 is 5.51. The first-order valence-corrected chi connectivity index (χ1v) is 6.86. The molecule has 0 aliphatic heterocycles. The second-order valence-electron chi connectivity index (χ2n) is 5.09. The molecule has 0 unspecified atom stereocenters. The predicted molar refractivity (Wildman–Crippen MR) is 88.3 cm³/mol. The van der Waals surface area contributed by atoms with Crippen LogP contribution in [-0.4, -0.2) is 6.61 Å². The van der Waals surface area contributed by atoms with E-state index in [2.05, 4.69) is 58.2 Å². The van der Waals surface area contributed by atoms with Crippen LogP contribution in [0.5, 0.6) is 5.75 Å². The zero-order valence-electron chi connectivity index (χ0n) is 12.7. The lowest BCUT2D eigenvalue weighted by Gasteiger charge is -2.27. The summed E-state index contributed by atoms with van der Waals surface area (Å²) in [4.78, 5) is 0. The van der Waals surface area contributed by atoms with Gasteiger partial charge in [-0.25, -0.2) is 0 Å². The van der Waals surface area contributed by atoms with Crippen LogP contribution >= 0.6 is 0 Å². The average molecular weight is 268 g/mol.